The highest BCUT2D eigenvalue weighted by Gasteiger charge is 2.29. The average molecular weight is 323 g/mol. The van der Waals surface area contributed by atoms with Gasteiger partial charge in [-0.25, -0.2) is 4.39 Å². The molecule has 2 aromatic rings. The minimum Gasteiger partial charge on any atom is -0.381 e. The normalized spacial score (nSPS) is 14.2. The van der Waals surface area contributed by atoms with Crippen LogP contribution in [-0.2, 0) is 5.60 Å². The molecule has 19 heavy (non-hydrogen) atoms. The Morgan fingerprint density at radius 2 is 1.63 bits per heavy atom. The van der Waals surface area contributed by atoms with Gasteiger partial charge in [0.1, 0.15) is 11.4 Å². The first-order chi connectivity index (χ1) is 8.80. The van der Waals surface area contributed by atoms with Gasteiger partial charge in [0.05, 0.1) is 0 Å². The molecule has 3 heteroatoms. The fourth-order valence-corrected chi connectivity index (χ4v) is 2.64. The van der Waals surface area contributed by atoms with Gasteiger partial charge in [-0.05, 0) is 44.5 Å². The monoisotopic (exact) mass is 322 g/mol. The molecule has 2 aromatic carbocycles. The lowest BCUT2D eigenvalue weighted by molar-refractivity contribution is 0.0977. The summed E-state index contributed by atoms with van der Waals surface area (Å²) in [5, 5.41) is 10.8. The predicted molar refractivity (Wildman–Crippen MR) is 78.7 cm³/mol. The van der Waals surface area contributed by atoms with Crippen LogP contribution in [0.3, 0.4) is 0 Å². The minimum absolute atomic E-state index is 0.270. The van der Waals surface area contributed by atoms with Crippen molar-refractivity contribution in [3.63, 3.8) is 0 Å². The summed E-state index contributed by atoms with van der Waals surface area (Å²) >= 11 is 3.31. The summed E-state index contributed by atoms with van der Waals surface area (Å²) in [6.45, 7) is 5.54. The van der Waals surface area contributed by atoms with Crippen LogP contribution in [0, 0.1) is 19.7 Å². The van der Waals surface area contributed by atoms with E-state index in [1.807, 2.05) is 32.0 Å². The Bertz CT molecular complexity index is 600. The molecule has 0 bridgehead atoms. The van der Waals surface area contributed by atoms with E-state index in [0.717, 1.165) is 15.6 Å². The summed E-state index contributed by atoms with van der Waals surface area (Å²) < 4.78 is 14.7. The zero-order valence-electron chi connectivity index (χ0n) is 11.2. The van der Waals surface area contributed by atoms with Gasteiger partial charge in [0, 0.05) is 10.0 Å². The van der Waals surface area contributed by atoms with Crippen LogP contribution in [0.5, 0.6) is 0 Å². The molecule has 0 saturated carbocycles. The van der Waals surface area contributed by atoms with E-state index in [2.05, 4.69) is 15.9 Å². The van der Waals surface area contributed by atoms with Gasteiger partial charge in [0.15, 0.2) is 0 Å². The Hall–Kier alpha value is -1.19. The smallest absolute Gasteiger partial charge is 0.129 e. The number of aryl methyl sites for hydroxylation is 2. The lowest BCUT2D eigenvalue weighted by Gasteiger charge is -2.26. The van der Waals surface area contributed by atoms with E-state index < -0.39 is 11.4 Å². The van der Waals surface area contributed by atoms with Gasteiger partial charge in [0.2, 0.25) is 0 Å². The maximum atomic E-state index is 14.0. The molecule has 0 fully saturated rings. The molecule has 0 aromatic heterocycles. The van der Waals surface area contributed by atoms with E-state index in [1.54, 1.807) is 19.1 Å². The third-order valence-corrected chi connectivity index (χ3v) is 3.73. The number of aliphatic hydroxyl groups is 1. The van der Waals surface area contributed by atoms with Gasteiger partial charge in [-0.1, -0.05) is 45.3 Å². The van der Waals surface area contributed by atoms with Crippen molar-refractivity contribution in [3.05, 3.63) is 68.9 Å². The second-order valence-corrected chi connectivity index (χ2v) is 5.99. The third kappa shape index (κ3) is 2.88. The van der Waals surface area contributed by atoms with Crippen LogP contribution in [0.2, 0.25) is 0 Å². The first-order valence-electron chi connectivity index (χ1n) is 6.07. The van der Waals surface area contributed by atoms with Crippen molar-refractivity contribution in [2.75, 3.05) is 0 Å². The minimum atomic E-state index is -1.36. The van der Waals surface area contributed by atoms with Crippen molar-refractivity contribution < 1.29 is 9.50 Å². The average Bonchev–Trinajstić information content (AvgIpc) is 2.31. The van der Waals surface area contributed by atoms with Crippen LogP contribution >= 0.6 is 15.9 Å². The van der Waals surface area contributed by atoms with E-state index in [9.17, 15) is 9.50 Å². The zero-order chi connectivity index (χ0) is 14.2. The van der Waals surface area contributed by atoms with Crippen molar-refractivity contribution in [1.82, 2.24) is 0 Å². The van der Waals surface area contributed by atoms with Crippen LogP contribution < -0.4 is 0 Å². The molecular weight excluding hydrogens is 307 g/mol. The van der Waals surface area contributed by atoms with Gasteiger partial charge < -0.3 is 5.11 Å². The first kappa shape index (κ1) is 14.2. The molecule has 0 spiro atoms. The molecule has 1 nitrogen and oxygen atoms in total. The topological polar surface area (TPSA) is 20.2 Å². The fraction of sp³-hybridized carbons (Fsp3) is 0.250. The summed E-state index contributed by atoms with van der Waals surface area (Å²) in [6, 6.07) is 10.4. The molecule has 2 rings (SSSR count). The second kappa shape index (κ2) is 5.06. The Labute approximate surface area is 121 Å². The highest BCUT2D eigenvalue weighted by atomic mass is 79.9. The van der Waals surface area contributed by atoms with E-state index in [1.165, 1.54) is 6.07 Å². The number of hydrogen-bond donors (Lipinski definition) is 1. The Morgan fingerprint density at radius 1 is 1.05 bits per heavy atom. The quantitative estimate of drug-likeness (QED) is 0.865. The van der Waals surface area contributed by atoms with Crippen molar-refractivity contribution in [1.29, 1.82) is 0 Å². The maximum Gasteiger partial charge on any atom is 0.129 e. The number of halogens is 2. The Kier molecular flexibility index (Phi) is 3.79. The van der Waals surface area contributed by atoms with Crippen LogP contribution in [0.15, 0.2) is 40.9 Å². The fourth-order valence-electron chi connectivity index (χ4n) is 2.28. The van der Waals surface area contributed by atoms with Crippen molar-refractivity contribution >= 4 is 15.9 Å². The Morgan fingerprint density at radius 3 is 2.21 bits per heavy atom. The van der Waals surface area contributed by atoms with Crippen molar-refractivity contribution in [2.45, 2.75) is 26.4 Å². The highest BCUT2D eigenvalue weighted by Crippen LogP contribution is 2.33. The summed E-state index contributed by atoms with van der Waals surface area (Å²) in [4.78, 5) is 0. The Balaban J connectivity index is 2.60. The zero-order valence-corrected chi connectivity index (χ0v) is 12.8. The lowest BCUT2D eigenvalue weighted by Crippen LogP contribution is -2.24. The summed E-state index contributed by atoms with van der Waals surface area (Å²) in [7, 11) is 0. The molecule has 0 radical (unpaired) electrons. The predicted octanol–water partition coefficient (Wildman–Crippen LogP) is 4.46. The van der Waals surface area contributed by atoms with E-state index in [-0.39, 0.29) is 5.56 Å². The molecule has 1 unspecified atom stereocenters. The summed E-state index contributed by atoms with van der Waals surface area (Å²) in [6.07, 6.45) is 0. The molecule has 100 valence electrons. The number of rotatable bonds is 2. The van der Waals surface area contributed by atoms with Gasteiger partial charge in [-0.15, -0.1) is 0 Å². The maximum absolute atomic E-state index is 14.0. The molecule has 0 saturated heterocycles. The highest BCUT2D eigenvalue weighted by molar-refractivity contribution is 9.10. The van der Waals surface area contributed by atoms with Crippen LogP contribution in [0.25, 0.3) is 0 Å². The summed E-state index contributed by atoms with van der Waals surface area (Å²) in [5.74, 6) is -0.410. The molecule has 1 atom stereocenters. The number of hydrogen-bond acceptors (Lipinski definition) is 1. The van der Waals surface area contributed by atoms with Crippen LogP contribution in [0.4, 0.5) is 4.39 Å². The standard InChI is InChI=1S/C16H16BrFO/c1-10-6-11(2)8-12(7-10)16(3,19)14-9-13(17)4-5-15(14)18/h4-9,19H,1-3H3. The van der Waals surface area contributed by atoms with Crippen LogP contribution in [-0.4, -0.2) is 5.11 Å². The van der Waals surface area contributed by atoms with Gasteiger partial charge >= 0.3 is 0 Å². The third-order valence-electron chi connectivity index (χ3n) is 3.24. The lowest BCUT2D eigenvalue weighted by atomic mass is 9.86. The van der Waals surface area contributed by atoms with Gasteiger partial charge in [-0.2, -0.15) is 0 Å². The largest absolute Gasteiger partial charge is 0.381 e. The molecule has 1 N–H and O–H groups in total. The molecular formula is C16H16BrFO. The molecule has 0 aliphatic carbocycles. The molecule has 0 aliphatic heterocycles. The molecule has 0 aliphatic rings. The van der Waals surface area contributed by atoms with Gasteiger partial charge in [0.25, 0.3) is 0 Å². The molecule has 0 heterocycles. The molecule has 0 amide bonds. The van der Waals surface area contributed by atoms with E-state index in [0.29, 0.717) is 5.56 Å². The van der Waals surface area contributed by atoms with E-state index in [4.69, 9.17) is 0 Å². The van der Waals surface area contributed by atoms with Crippen molar-refractivity contribution in [2.24, 2.45) is 0 Å². The number of benzene rings is 2. The second-order valence-electron chi connectivity index (χ2n) is 5.07. The summed E-state index contributed by atoms with van der Waals surface area (Å²) in [5.41, 5.74) is 1.70. The van der Waals surface area contributed by atoms with E-state index >= 15 is 0 Å². The van der Waals surface area contributed by atoms with Gasteiger partial charge in [-0.3, -0.25) is 0 Å². The van der Waals surface area contributed by atoms with Crippen LogP contribution in [0.1, 0.15) is 29.2 Å². The van der Waals surface area contributed by atoms with Crippen molar-refractivity contribution in [3.8, 4) is 0 Å². The SMILES string of the molecule is Cc1cc(C)cc(C(C)(O)c2cc(Br)ccc2F)c1. The first-order valence-corrected chi connectivity index (χ1v) is 6.86.